The molecule has 0 spiro atoms. The second-order valence-electron chi connectivity index (χ2n) is 6.49. The van der Waals surface area contributed by atoms with Crippen LogP contribution in [0.25, 0.3) is 16.9 Å². The number of para-hydroxylation sites is 1. The number of hydrogen-bond acceptors (Lipinski definition) is 5. The molecule has 0 fully saturated rings. The molecule has 1 heterocycles. The van der Waals surface area contributed by atoms with Gasteiger partial charge in [-0.2, -0.15) is 10.4 Å². The number of nitrogens with zero attached hydrogens (tertiary/aromatic N) is 5. The van der Waals surface area contributed by atoms with Crippen molar-refractivity contribution in [2.24, 2.45) is 0 Å². The molecule has 1 amide bonds. The van der Waals surface area contributed by atoms with E-state index in [1.54, 1.807) is 30.1 Å². The second-order valence-corrected chi connectivity index (χ2v) is 6.49. The monoisotopic (exact) mass is 389 g/mol. The van der Waals surface area contributed by atoms with Crippen LogP contribution in [0.15, 0.2) is 60.8 Å². The van der Waals surface area contributed by atoms with Crippen LogP contribution >= 0.6 is 0 Å². The van der Waals surface area contributed by atoms with Crippen LogP contribution in [0.5, 0.6) is 0 Å². The lowest BCUT2D eigenvalue weighted by atomic mass is 10.1. The van der Waals surface area contributed by atoms with Crippen LogP contribution in [0, 0.1) is 21.4 Å². The van der Waals surface area contributed by atoms with Crippen molar-refractivity contribution in [3.63, 3.8) is 0 Å². The molecule has 0 N–H and O–H groups in total. The third-order valence-corrected chi connectivity index (χ3v) is 4.49. The van der Waals surface area contributed by atoms with E-state index in [0.717, 1.165) is 5.69 Å². The average molecular weight is 389 g/mol. The molecule has 0 bridgehead atoms. The topological polar surface area (TPSA) is 105 Å². The van der Waals surface area contributed by atoms with E-state index >= 15 is 0 Å². The van der Waals surface area contributed by atoms with Gasteiger partial charge in [-0.3, -0.25) is 14.9 Å². The fourth-order valence-electron chi connectivity index (χ4n) is 2.88. The van der Waals surface area contributed by atoms with Gasteiger partial charge in [0.1, 0.15) is 0 Å². The predicted octanol–water partition coefficient (Wildman–Crippen LogP) is 3.36. The van der Waals surface area contributed by atoms with Crippen molar-refractivity contribution in [3.05, 3.63) is 76.5 Å². The first-order valence-corrected chi connectivity index (χ1v) is 8.99. The number of benzene rings is 2. The molecule has 1 aromatic heterocycles. The Bertz CT molecular complexity index is 1050. The molecule has 8 nitrogen and oxygen atoms in total. The number of carbonyl (C=O) groups excluding carboxylic acids is 1. The van der Waals surface area contributed by atoms with Crippen LogP contribution in [0.2, 0.25) is 0 Å². The van der Waals surface area contributed by atoms with Crippen molar-refractivity contribution in [2.75, 3.05) is 13.6 Å². The van der Waals surface area contributed by atoms with Gasteiger partial charge in [0.15, 0.2) is 0 Å². The van der Waals surface area contributed by atoms with Gasteiger partial charge in [-0.15, -0.1) is 0 Å². The highest BCUT2D eigenvalue weighted by molar-refractivity contribution is 5.81. The molecule has 0 aliphatic heterocycles. The van der Waals surface area contributed by atoms with E-state index in [2.05, 4.69) is 5.10 Å². The molecule has 0 unspecified atom stereocenters. The van der Waals surface area contributed by atoms with Crippen LogP contribution in [0.4, 0.5) is 5.69 Å². The Labute approximate surface area is 167 Å². The summed E-state index contributed by atoms with van der Waals surface area (Å²) in [6.45, 7) is 0.356. The van der Waals surface area contributed by atoms with Crippen LogP contribution in [0.3, 0.4) is 0 Å². The summed E-state index contributed by atoms with van der Waals surface area (Å²) in [5, 5.41) is 24.3. The Morgan fingerprint density at radius 1 is 1.21 bits per heavy atom. The number of nitriles is 1. The fraction of sp³-hybridized carbons (Fsp3) is 0.190. The van der Waals surface area contributed by atoms with E-state index in [-0.39, 0.29) is 24.4 Å². The van der Waals surface area contributed by atoms with Crippen molar-refractivity contribution >= 4 is 11.6 Å². The molecule has 0 aliphatic carbocycles. The van der Waals surface area contributed by atoms with Crippen molar-refractivity contribution in [1.82, 2.24) is 14.7 Å². The summed E-state index contributed by atoms with van der Waals surface area (Å²) in [5.41, 5.74) is 2.81. The van der Waals surface area contributed by atoms with E-state index in [1.165, 1.54) is 17.0 Å². The van der Waals surface area contributed by atoms with Crippen molar-refractivity contribution in [3.8, 4) is 23.0 Å². The lowest BCUT2D eigenvalue weighted by molar-refractivity contribution is -0.384. The number of amides is 1. The van der Waals surface area contributed by atoms with E-state index in [0.29, 0.717) is 23.4 Å². The lowest BCUT2D eigenvalue weighted by Crippen LogP contribution is -2.29. The number of aromatic nitrogens is 2. The van der Waals surface area contributed by atoms with Crippen molar-refractivity contribution < 1.29 is 9.72 Å². The SMILES string of the molecule is CN(CCC#N)C(=O)Cc1cn(-c2ccccc2)nc1-c1ccc([N+](=O)[O-])cc1. The predicted molar refractivity (Wildman–Crippen MR) is 107 cm³/mol. The summed E-state index contributed by atoms with van der Waals surface area (Å²) in [6, 6.07) is 17.6. The molecule has 29 heavy (non-hydrogen) atoms. The molecule has 0 saturated carbocycles. The molecule has 0 saturated heterocycles. The van der Waals surface area contributed by atoms with E-state index in [1.807, 2.05) is 36.4 Å². The largest absolute Gasteiger partial charge is 0.344 e. The lowest BCUT2D eigenvalue weighted by Gasteiger charge is -2.15. The van der Waals surface area contributed by atoms with Crippen molar-refractivity contribution in [1.29, 1.82) is 5.26 Å². The third-order valence-electron chi connectivity index (χ3n) is 4.49. The minimum Gasteiger partial charge on any atom is -0.344 e. The van der Waals surface area contributed by atoms with Crippen LogP contribution < -0.4 is 0 Å². The Kier molecular flexibility index (Phi) is 6.00. The summed E-state index contributed by atoms with van der Waals surface area (Å²) in [4.78, 5) is 24.6. The molecular formula is C21H19N5O3. The van der Waals surface area contributed by atoms with Gasteiger partial charge in [0.25, 0.3) is 5.69 Å². The van der Waals surface area contributed by atoms with Gasteiger partial charge >= 0.3 is 0 Å². The summed E-state index contributed by atoms with van der Waals surface area (Å²) >= 11 is 0. The number of nitro groups is 1. The van der Waals surface area contributed by atoms with E-state index in [9.17, 15) is 14.9 Å². The highest BCUT2D eigenvalue weighted by Crippen LogP contribution is 2.26. The summed E-state index contributed by atoms with van der Waals surface area (Å²) < 4.78 is 1.69. The zero-order valence-electron chi connectivity index (χ0n) is 15.9. The minimum absolute atomic E-state index is 0.00916. The molecule has 0 aliphatic rings. The Balaban J connectivity index is 1.97. The summed E-state index contributed by atoms with van der Waals surface area (Å²) in [6.07, 6.45) is 2.17. The first-order chi connectivity index (χ1) is 14.0. The van der Waals surface area contributed by atoms with Crippen LogP contribution in [-0.4, -0.2) is 39.1 Å². The third kappa shape index (κ3) is 4.65. The van der Waals surface area contributed by atoms with Gasteiger partial charge in [-0.1, -0.05) is 18.2 Å². The second kappa shape index (κ2) is 8.80. The molecular weight excluding hydrogens is 370 g/mol. The summed E-state index contributed by atoms with van der Waals surface area (Å²) in [5.74, 6) is -0.129. The van der Waals surface area contributed by atoms with Gasteiger partial charge in [0.2, 0.25) is 5.91 Å². The molecule has 0 radical (unpaired) electrons. The normalized spacial score (nSPS) is 10.3. The van der Waals surface area contributed by atoms with Crippen molar-refractivity contribution in [2.45, 2.75) is 12.8 Å². The zero-order chi connectivity index (χ0) is 20.8. The first kappa shape index (κ1) is 19.8. The van der Waals surface area contributed by atoms with E-state index in [4.69, 9.17) is 5.26 Å². The number of rotatable bonds is 7. The van der Waals surface area contributed by atoms with Gasteiger partial charge < -0.3 is 4.90 Å². The first-order valence-electron chi connectivity index (χ1n) is 8.99. The maximum Gasteiger partial charge on any atom is 0.269 e. The number of carbonyl (C=O) groups is 1. The fourth-order valence-corrected chi connectivity index (χ4v) is 2.88. The molecule has 3 rings (SSSR count). The standard InChI is InChI=1S/C21H19N5O3/c1-24(13-5-12-22)20(27)14-17-15-25(18-6-3-2-4-7-18)23-21(17)16-8-10-19(11-9-16)26(28)29/h2-4,6-11,15H,5,13-14H2,1H3. The Hall–Kier alpha value is -3.99. The summed E-state index contributed by atoms with van der Waals surface area (Å²) in [7, 11) is 1.66. The molecule has 8 heteroatoms. The number of hydrogen-bond donors (Lipinski definition) is 0. The Morgan fingerprint density at radius 2 is 1.90 bits per heavy atom. The average Bonchev–Trinajstić information content (AvgIpc) is 3.16. The van der Waals surface area contributed by atoms with Gasteiger partial charge in [-0.25, -0.2) is 4.68 Å². The quantitative estimate of drug-likeness (QED) is 0.455. The van der Waals surface area contributed by atoms with Crippen LogP contribution in [-0.2, 0) is 11.2 Å². The number of non-ortho nitro benzene ring substituents is 1. The smallest absolute Gasteiger partial charge is 0.269 e. The molecule has 3 aromatic rings. The molecule has 2 aromatic carbocycles. The van der Waals surface area contributed by atoms with Gasteiger partial charge in [-0.05, 0) is 24.3 Å². The molecule has 0 atom stereocenters. The number of nitro benzene ring substituents is 1. The van der Waals surface area contributed by atoms with Gasteiger partial charge in [0, 0.05) is 43.0 Å². The molecule has 146 valence electrons. The maximum absolute atomic E-state index is 12.6. The van der Waals surface area contributed by atoms with Gasteiger partial charge in [0.05, 0.1) is 35.2 Å². The highest BCUT2D eigenvalue weighted by Gasteiger charge is 2.18. The number of likely N-dealkylation sites (N-methyl/N-ethyl adjacent to an activating group) is 1. The highest BCUT2D eigenvalue weighted by atomic mass is 16.6. The maximum atomic E-state index is 12.6. The van der Waals surface area contributed by atoms with E-state index < -0.39 is 4.92 Å². The zero-order valence-corrected chi connectivity index (χ0v) is 15.9. The van der Waals surface area contributed by atoms with Crippen LogP contribution in [0.1, 0.15) is 12.0 Å². The minimum atomic E-state index is -0.457. The Morgan fingerprint density at radius 3 is 2.52 bits per heavy atom.